The molecule has 0 amide bonds. The molecule has 3 aromatic rings. The van der Waals surface area contributed by atoms with Gasteiger partial charge < -0.3 is 18.9 Å². The molecule has 0 saturated carbocycles. The lowest BCUT2D eigenvalue weighted by Gasteiger charge is -2.26. The monoisotopic (exact) mass is 732 g/mol. The highest BCUT2D eigenvalue weighted by atomic mass is 28.3. The summed E-state index contributed by atoms with van der Waals surface area (Å²) in [5, 5.41) is 6.05. The summed E-state index contributed by atoms with van der Waals surface area (Å²) in [6.45, 7) is 20.2. The summed E-state index contributed by atoms with van der Waals surface area (Å²) in [4.78, 5) is 0. The highest BCUT2D eigenvalue weighted by Gasteiger charge is 2.52. The van der Waals surface area contributed by atoms with E-state index in [1.54, 1.807) is 24.6 Å². The smallest absolute Gasteiger partial charge is 0.136 e. The zero-order chi connectivity index (χ0) is 37.6. The topological polar surface area (TPSA) is 36.9 Å². The molecule has 0 saturated heterocycles. The maximum Gasteiger partial charge on any atom is 0.136 e. The number of fused-ring (bicyclic) bond motifs is 4. The van der Waals surface area contributed by atoms with Crippen LogP contribution in [0.3, 0.4) is 0 Å². The van der Waals surface area contributed by atoms with Crippen molar-refractivity contribution in [3.8, 4) is 47.2 Å². The van der Waals surface area contributed by atoms with E-state index in [2.05, 4.69) is 102 Å². The third-order valence-corrected chi connectivity index (χ3v) is 18.9. The molecule has 0 N–H and O–H groups in total. The molecular formula is C46H60O4Si2. The van der Waals surface area contributed by atoms with Crippen LogP contribution in [0, 0.1) is 36.0 Å². The average molecular weight is 733 g/mol. The molecule has 0 radical (unpaired) electrons. The van der Waals surface area contributed by atoms with E-state index in [4.69, 9.17) is 25.4 Å². The Morgan fingerprint density at radius 2 is 1.13 bits per heavy atom. The second-order valence-corrected chi connectivity index (χ2v) is 24.3. The molecule has 52 heavy (non-hydrogen) atoms. The second-order valence-electron chi connectivity index (χ2n) is 15.7. The molecule has 276 valence electrons. The van der Waals surface area contributed by atoms with Gasteiger partial charge in [-0.3, -0.25) is 0 Å². The summed E-state index contributed by atoms with van der Waals surface area (Å²) in [6.07, 6.45) is 15.3. The predicted molar refractivity (Wildman–Crippen MR) is 225 cm³/mol. The van der Waals surface area contributed by atoms with Crippen LogP contribution in [-0.4, -0.2) is 43.6 Å². The van der Waals surface area contributed by atoms with E-state index in [9.17, 15) is 0 Å². The van der Waals surface area contributed by atoms with Crippen LogP contribution >= 0.6 is 0 Å². The van der Waals surface area contributed by atoms with Crippen LogP contribution in [-0.2, 0) is 0 Å². The van der Waals surface area contributed by atoms with Crippen molar-refractivity contribution in [2.24, 2.45) is 11.8 Å². The fourth-order valence-electron chi connectivity index (χ4n) is 8.16. The number of hydrogen-bond acceptors (Lipinski definition) is 4. The molecule has 2 heterocycles. The molecule has 0 spiro atoms. The Kier molecular flexibility index (Phi) is 12.8. The van der Waals surface area contributed by atoms with E-state index >= 15 is 0 Å². The van der Waals surface area contributed by atoms with Gasteiger partial charge in [-0.05, 0) is 80.8 Å². The summed E-state index contributed by atoms with van der Waals surface area (Å²) >= 11 is 0. The zero-order valence-corrected chi connectivity index (χ0v) is 35.5. The first-order chi connectivity index (χ1) is 25.0. The Morgan fingerprint density at radius 1 is 0.615 bits per heavy atom. The van der Waals surface area contributed by atoms with Gasteiger partial charge in [0.05, 0.1) is 44.1 Å². The van der Waals surface area contributed by atoms with Gasteiger partial charge in [0.1, 0.15) is 39.1 Å². The van der Waals surface area contributed by atoms with Crippen molar-refractivity contribution in [1.82, 2.24) is 0 Å². The number of benzene rings is 3. The van der Waals surface area contributed by atoms with Crippen LogP contribution in [0.15, 0.2) is 42.5 Å². The van der Waals surface area contributed by atoms with Crippen molar-refractivity contribution in [2.45, 2.75) is 105 Å². The van der Waals surface area contributed by atoms with Crippen molar-refractivity contribution in [3.63, 3.8) is 0 Å². The van der Waals surface area contributed by atoms with E-state index in [-0.39, 0.29) is 0 Å². The normalized spacial score (nSPS) is 15.8. The Balaban J connectivity index is 1.57. The van der Waals surface area contributed by atoms with Crippen LogP contribution in [0.1, 0.15) is 107 Å². The summed E-state index contributed by atoms with van der Waals surface area (Å²) in [7, 11) is -0.523. The fourth-order valence-corrected chi connectivity index (χ4v) is 16.9. The van der Waals surface area contributed by atoms with Gasteiger partial charge in [0.2, 0.25) is 0 Å². The third kappa shape index (κ3) is 7.76. The molecule has 2 atom stereocenters. The van der Waals surface area contributed by atoms with Crippen LogP contribution in [0.25, 0.3) is 10.4 Å². The van der Waals surface area contributed by atoms with E-state index in [1.165, 1.54) is 47.2 Å². The SMILES string of the molecule is C#Cc1cc(OCC(CC)CCCC)c(C#Cc2cc3c(cc2OC)C2=C(c4cc(OC)ccc4[Si]2(C)C)[Si]3(C)C)cc1OCC(CC)CCCC. The summed E-state index contributed by atoms with van der Waals surface area (Å²) in [5.41, 5.74) is 5.13. The highest BCUT2D eigenvalue weighted by Crippen LogP contribution is 2.50. The van der Waals surface area contributed by atoms with Gasteiger partial charge >= 0.3 is 0 Å². The Morgan fingerprint density at radius 3 is 1.65 bits per heavy atom. The largest absolute Gasteiger partial charge is 0.497 e. The van der Waals surface area contributed by atoms with Crippen molar-refractivity contribution >= 4 is 36.9 Å². The van der Waals surface area contributed by atoms with E-state index in [0.29, 0.717) is 36.4 Å². The van der Waals surface area contributed by atoms with Gasteiger partial charge in [0.25, 0.3) is 0 Å². The predicted octanol–water partition coefficient (Wildman–Crippen LogP) is 10.1. The average Bonchev–Trinajstić information content (AvgIpc) is 3.54. The molecule has 0 aliphatic carbocycles. The van der Waals surface area contributed by atoms with Crippen LogP contribution < -0.4 is 29.3 Å². The van der Waals surface area contributed by atoms with Crippen LogP contribution in [0.4, 0.5) is 0 Å². The van der Waals surface area contributed by atoms with Gasteiger partial charge in [0.15, 0.2) is 0 Å². The standard InChI is InChI=1S/C46H60O4Si2/c1-12-17-19-32(14-3)30-49-41-26-35(42(25-34(41)16-5)50-31-33(15-4)20-18-13-2)21-22-36-27-44-39(29-40(36)48-7)46-45(52(44,10)11)38-28-37(47-6)23-24-43(38)51(46,8)9/h5,23-29,32-33H,12-15,17-20,30-31H2,1-4,6-11H3. The lowest BCUT2D eigenvalue weighted by Crippen LogP contribution is -2.45. The van der Waals surface area contributed by atoms with Crippen LogP contribution in [0.5, 0.6) is 23.0 Å². The van der Waals surface area contributed by atoms with Gasteiger partial charge in [0, 0.05) is 12.1 Å². The number of hydrogen-bond donors (Lipinski definition) is 0. The van der Waals surface area contributed by atoms with E-state index in [0.717, 1.165) is 54.1 Å². The Bertz CT molecular complexity index is 1900. The first-order valence-corrected chi connectivity index (χ1v) is 25.6. The lowest BCUT2D eigenvalue weighted by atomic mass is 10.00. The minimum atomic E-state index is -2.08. The van der Waals surface area contributed by atoms with Gasteiger partial charge in [-0.2, -0.15) is 0 Å². The molecular weight excluding hydrogens is 673 g/mol. The number of methoxy groups -OCH3 is 2. The maximum atomic E-state index is 6.57. The van der Waals surface area contributed by atoms with E-state index in [1.807, 2.05) is 12.1 Å². The molecule has 0 aromatic heterocycles. The van der Waals surface area contributed by atoms with Gasteiger partial charge in [-0.25, -0.2) is 0 Å². The van der Waals surface area contributed by atoms with Crippen molar-refractivity contribution in [1.29, 1.82) is 0 Å². The van der Waals surface area contributed by atoms with Gasteiger partial charge in [-0.1, -0.05) is 116 Å². The number of ether oxygens (including phenoxy) is 4. The molecule has 3 aromatic carbocycles. The first-order valence-electron chi connectivity index (χ1n) is 19.6. The van der Waals surface area contributed by atoms with Gasteiger partial charge in [-0.15, -0.1) is 6.42 Å². The quantitative estimate of drug-likeness (QED) is 0.109. The minimum Gasteiger partial charge on any atom is -0.497 e. The minimum absolute atomic E-state index is 0.478. The Hall–Kier alpha value is -3.85. The Labute approximate surface area is 316 Å². The molecule has 2 aliphatic heterocycles. The van der Waals surface area contributed by atoms with Crippen molar-refractivity contribution in [3.05, 3.63) is 70.3 Å². The highest BCUT2D eigenvalue weighted by molar-refractivity contribution is 7.20. The number of terminal acetylenes is 1. The first kappa shape index (κ1) is 39.4. The van der Waals surface area contributed by atoms with E-state index < -0.39 is 16.1 Å². The summed E-state index contributed by atoms with van der Waals surface area (Å²) in [6, 6.07) is 15.2. The summed E-state index contributed by atoms with van der Waals surface area (Å²) < 4.78 is 24.8. The van der Waals surface area contributed by atoms with Crippen molar-refractivity contribution in [2.75, 3.05) is 27.4 Å². The molecule has 0 fully saturated rings. The zero-order valence-electron chi connectivity index (χ0n) is 33.5. The number of unbranched alkanes of at least 4 members (excludes halogenated alkanes) is 2. The second kappa shape index (κ2) is 16.9. The molecule has 5 rings (SSSR count). The molecule has 6 heteroatoms. The third-order valence-electron chi connectivity index (χ3n) is 11.6. The fraction of sp³-hybridized carbons (Fsp3) is 0.478. The maximum absolute atomic E-state index is 6.57. The number of rotatable bonds is 16. The molecule has 2 aliphatic rings. The molecule has 4 nitrogen and oxygen atoms in total. The molecule has 0 bridgehead atoms. The van der Waals surface area contributed by atoms with Crippen LogP contribution in [0.2, 0.25) is 26.2 Å². The van der Waals surface area contributed by atoms with Crippen molar-refractivity contribution < 1.29 is 18.9 Å². The molecule has 2 unspecified atom stereocenters. The lowest BCUT2D eigenvalue weighted by molar-refractivity contribution is 0.227. The summed E-state index contributed by atoms with van der Waals surface area (Å²) in [5.74, 6) is 14.0.